The smallest absolute Gasteiger partial charge is 0.404 e. The molecule has 1 aromatic heterocycles. The molecule has 2 aromatic carbocycles. The zero-order chi connectivity index (χ0) is 19.6. The topological polar surface area (TPSA) is 118 Å². The monoisotopic (exact) mass is 387 g/mol. The van der Waals surface area contributed by atoms with Crippen LogP contribution in [-0.4, -0.2) is 42.0 Å². The van der Waals surface area contributed by atoms with Crippen LogP contribution in [0.15, 0.2) is 58.2 Å². The summed E-state index contributed by atoms with van der Waals surface area (Å²) in [5.74, 6) is 0.332. The fourth-order valence-electron chi connectivity index (χ4n) is 2.85. The highest BCUT2D eigenvalue weighted by Crippen LogP contribution is 2.20. The van der Waals surface area contributed by atoms with Gasteiger partial charge in [-0.15, -0.1) is 0 Å². The number of carboxylic acid groups (broad SMARTS) is 1. The fourth-order valence-corrected chi connectivity index (χ4v) is 3.74. The number of nitrogens with zero attached hydrogens (tertiary/aromatic N) is 2. The molecule has 1 heterocycles. The van der Waals surface area contributed by atoms with Crippen LogP contribution in [0.25, 0.3) is 16.6 Å². The van der Waals surface area contributed by atoms with Gasteiger partial charge in [0.1, 0.15) is 5.82 Å². The van der Waals surface area contributed by atoms with Crippen LogP contribution in [0.3, 0.4) is 0 Å². The van der Waals surface area contributed by atoms with Gasteiger partial charge in [0, 0.05) is 19.2 Å². The van der Waals surface area contributed by atoms with Crippen molar-refractivity contribution in [3.63, 3.8) is 0 Å². The van der Waals surface area contributed by atoms with Gasteiger partial charge in [-0.25, -0.2) is 18.2 Å². The van der Waals surface area contributed by atoms with Crippen LogP contribution in [0.5, 0.6) is 0 Å². The lowest BCUT2D eigenvalue weighted by Crippen LogP contribution is -2.29. The van der Waals surface area contributed by atoms with E-state index in [0.29, 0.717) is 11.5 Å². The summed E-state index contributed by atoms with van der Waals surface area (Å²) < 4.78 is 25.6. The van der Waals surface area contributed by atoms with E-state index in [1.165, 1.54) is 16.7 Å². The quantitative estimate of drug-likeness (QED) is 0.686. The van der Waals surface area contributed by atoms with Crippen LogP contribution >= 0.6 is 0 Å². The lowest BCUT2D eigenvalue weighted by Gasteiger charge is -2.15. The first-order chi connectivity index (χ1) is 12.8. The predicted octanol–water partition coefficient (Wildman–Crippen LogP) is 1.60. The normalized spacial score (nSPS) is 11.4. The molecule has 0 saturated heterocycles. The summed E-state index contributed by atoms with van der Waals surface area (Å²) in [6.07, 6.45) is 0.0255. The maximum Gasteiger partial charge on any atom is 0.404 e. The van der Waals surface area contributed by atoms with E-state index in [1.54, 1.807) is 36.4 Å². The van der Waals surface area contributed by atoms with Gasteiger partial charge in [0.2, 0.25) is 0 Å². The summed E-state index contributed by atoms with van der Waals surface area (Å²) in [5, 5.41) is 11.0. The molecule has 0 aliphatic rings. The number of aromatic nitrogens is 2. The van der Waals surface area contributed by atoms with Gasteiger partial charge >= 0.3 is 6.09 Å². The standard InChI is InChI=1S/C18H17N3O5S/c1-27(25,26)14-9-5-8-13-16(14)17(22)21(12-6-3-2-4-7-12)15(20-13)10-11-19-18(23)24/h2-9,19H,10-11H2,1H3,(H,23,24). The summed E-state index contributed by atoms with van der Waals surface area (Å²) in [5.41, 5.74) is 0.253. The van der Waals surface area contributed by atoms with E-state index in [0.717, 1.165) is 6.26 Å². The number of hydrogen-bond acceptors (Lipinski definition) is 5. The molecule has 0 aliphatic carbocycles. The van der Waals surface area contributed by atoms with Crippen LogP contribution < -0.4 is 10.9 Å². The van der Waals surface area contributed by atoms with Gasteiger partial charge in [0.15, 0.2) is 9.84 Å². The Morgan fingerprint density at radius 3 is 2.48 bits per heavy atom. The highest BCUT2D eigenvalue weighted by Gasteiger charge is 2.19. The average molecular weight is 387 g/mol. The van der Waals surface area contributed by atoms with E-state index in [-0.39, 0.29) is 28.8 Å². The predicted molar refractivity (Wildman–Crippen MR) is 100 cm³/mol. The Hall–Kier alpha value is -3.20. The van der Waals surface area contributed by atoms with E-state index in [2.05, 4.69) is 10.3 Å². The number of rotatable bonds is 5. The van der Waals surface area contributed by atoms with Crippen molar-refractivity contribution in [3.8, 4) is 5.69 Å². The number of hydrogen-bond donors (Lipinski definition) is 2. The summed E-state index contributed by atoms with van der Waals surface area (Å²) in [7, 11) is -3.64. The van der Waals surface area contributed by atoms with Crippen molar-refractivity contribution in [2.75, 3.05) is 12.8 Å². The van der Waals surface area contributed by atoms with Gasteiger partial charge in [-0.1, -0.05) is 24.3 Å². The molecule has 0 unspecified atom stereocenters. The molecular formula is C18H17N3O5S. The van der Waals surface area contributed by atoms with Gasteiger partial charge in [-0.05, 0) is 24.3 Å². The molecule has 0 radical (unpaired) electrons. The Bertz CT molecular complexity index is 1170. The minimum atomic E-state index is -3.64. The third kappa shape index (κ3) is 3.82. The molecule has 0 fully saturated rings. The van der Waals surface area contributed by atoms with Gasteiger partial charge < -0.3 is 10.4 Å². The molecule has 0 saturated carbocycles. The molecule has 0 atom stereocenters. The van der Waals surface area contributed by atoms with E-state index >= 15 is 0 Å². The molecule has 0 aliphatic heterocycles. The average Bonchev–Trinajstić information content (AvgIpc) is 2.61. The summed E-state index contributed by atoms with van der Waals surface area (Å²) >= 11 is 0. The second kappa shape index (κ2) is 7.20. The van der Waals surface area contributed by atoms with Crippen LogP contribution in [0.1, 0.15) is 5.82 Å². The lowest BCUT2D eigenvalue weighted by molar-refractivity contribution is 0.194. The third-order valence-electron chi connectivity index (χ3n) is 3.97. The largest absolute Gasteiger partial charge is 0.465 e. The van der Waals surface area contributed by atoms with Crippen molar-refractivity contribution < 1.29 is 18.3 Å². The highest BCUT2D eigenvalue weighted by molar-refractivity contribution is 7.91. The first-order valence-electron chi connectivity index (χ1n) is 8.06. The Morgan fingerprint density at radius 2 is 1.85 bits per heavy atom. The number of carbonyl (C=O) groups is 1. The summed E-state index contributed by atoms with van der Waals surface area (Å²) in [6.45, 7) is 0.0614. The fraction of sp³-hybridized carbons (Fsp3) is 0.167. The Kier molecular flexibility index (Phi) is 4.95. The van der Waals surface area contributed by atoms with Crippen LogP contribution in [0.4, 0.5) is 4.79 Å². The van der Waals surface area contributed by atoms with Crippen LogP contribution in [-0.2, 0) is 16.3 Å². The first kappa shape index (κ1) is 18.6. The summed E-state index contributed by atoms with van der Waals surface area (Å²) in [4.78, 5) is 28.3. The highest BCUT2D eigenvalue weighted by atomic mass is 32.2. The number of fused-ring (bicyclic) bond motifs is 1. The van der Waals surface area contributed by atoms with E-state index < -0.39 is 21.5 Å². The molecule has 3 aromatic rings. The molecule has 27 heavy (non-hydrogen) atoms. The molecule has 3 rings (SSSR count). The molecule has 2 N–H and O–H groups in total. The van der Waals surface area contributed by atoms with Gasteiger partial charge in [0.05, 0.1) is 21.5 Å². The molecule has 140 valence electrons. The minimum absolute atomic E-state index is 0.0128. The van der Waals surface area contributed by atoms with Crippen molar-refractivity contribution in [1.82, 2.24) is 14.9 Å². The molecule has 8 nitrogen and oxygen atoms in total. The number of para-hydroxylation sites is 1. The van der Waals surface area contributed by atoms with Crippen LogP contribution in [0.2, 0.25) is 0 Å². The van der Waals surface area contributed by atoms with Crippen LogP contribution in [0, 0.1) is 0 Å². The van der Waals surface area contributed by atoms with Gasteiger partial charge in [-0.3, -0.25) is 9.36 Å². The first-order valence-corrected chi connectivity index (χ1v) is 9.95. The van der Waals surface area contributed by atoms with E-state index in [9.17, 15) is 18.0 Å². The SMILES string of the molecule is CS(=O)(=O)c1cccc2nc(CCNC(=O)O)n(-c3ccccc3)c(=O)c12. The number of nitrogens with one attached hydrogen (secondary N) is 1. The van der Waals surface area contributed by atoms with Gasteiger partial charge in [-0.2, -0.15) is 0 Å². The van der Waals surface area contributed by atoms with E-state index in [1.807, 2.05) is 0 Å². The van der Waals surface area contributed by atoms with Crippen molar-refractivity contribution in [3.05, 3.63) is 64.7 Å². The maximum absolute atomic E-state index is 13.2. The van der Waals surface area contributed by atoms with Crippen molar-refractivity contribution in [2.45, 2.75) is 11.3 Å². The Labute approximate surface area is 155 Å². The number of amides is 1. The second-order valence-corrected chi connectivity index (χ2v) is 7.89. The molecule has 1 amide bonds. The third-order valence-corrected chi connectivity index (χ3v) is 5.11. The molecule has 0 spiro atoms. The maximum atomic E-state index is 13.2. The number of benzene rings is 2. The van der Waals surface area contributed by atoms with Crippen molar-refractivity contribution in [2.24, 2.45) is 0 Å². The minimum Gasteiger partial charge on any atom is -0.465 e. The Morgan fingerprint density at radius 1 is 1.15 bits per heavy atom. The van der Waals surface area contributed by atoms with Gasteiger partial charge in [0.25, 0.3) is 5.56 Å². The summed E-state index contributed by atoms with van der Waals surface area (Å²) in [6, 6.07) is 13.1. The molecule has 9 heteroatoms. The zero-order valence-electron chi connectivity index (χ0n) is 14.4. The lowest BCUT2D eigenvalue weighted by atomic mass is 10.2. The molecular weight excluding hydrogens is 370 g/mol. The second-order valence-electron chi connectivity index (χ2n) is 5.91. The van der Waals surface area contributed by atoms with E-state index in [4.69, 9.17) is 5.11 Å². The van der Waals surface area contributed by atoms with Crippen molar-refractivity contribution in [1.29, 1.82) is 0 Å². The number of sulfone groups is 1. The van der Waals surface area contributed by atoms with Crippen molar-refractivity contribution >= 4 is 26.8 Å². The Balaban J connectivity index is 2.31. The zero-order valence-corrected chi connectivity index (χ0v) is 15.2. The molecule has 0 bridgehead atoms.